The van der Waals surface area contributed by atoms with Gasteiger partial charge in [-0.2, -0.15) is 0 Å². The predicted molar refractivity (Wildman–Crippen MR) is 65.1 cm³/mol. The number of hydrogen-bond donors (Lipinski definition) is 1. The van der Waals surface area contributed by atoms with Gasteiger partial charge in [-0.15, -0.1) is 0 Å². The maximum atomic E-state index is 12.0. The maximum Gasteiger partial charge on any atom is 0.193 e. The Kier molecular flexibility index (Phi) is 5.90. The molecule has 0 unspecified atom stereocenters. The summed E-state index contributed by atoms with van der Waals surface area (Å²) >= 11 is 0. The number of aliphatic hydroxyl groups is 1. The van der Waals surface area contributed by atoms with Crippen LogP contribution in [0.25, 0.3) is 0 Å². The molecular weight excluding hydrogens is 220 g/mol. The van der Waals surface area contributed by atoms with Crippen molar-refractivity contribution >= 4 is 5.78 Å². The van der Waals surface area contributed by atoms with Crippen LogP contribution in [0, 0.1) is 0 Å². The van der Waals surface area contributed by atoms with E-state index in [0.717, 1.165) is 0 Å². The Morgan fingerprint density at radius 3 is 2.82 bits per heavy atom. The standard InChI is InChI=1S/C12H20N2O3/c1-13-5-3-4-11(13)12(16)10-14(6-8-15)7-9-17-2/h3-5,15H,6-10H2,1-2H3. The van der Waals surface area contributed by atoms with Gasteiger partial charge in [-0.25, -0.2) is 0 Å². The second-order valence-electron chi connectivity index (χ2n) is 3.92. The molecule has 17 heavy (non-hydrogen) atoms. The van der Waals surface area contributed by atoms with Gasteiger partial charge in [0.2, 0.25) is 0 Å². The molecular formula is C12H20N2O3. The van der Waals surface area contributed by atoms with Gasteiger partial charge in [-0.05, 0) is 12.1 Å². The third kappa shape index (κ3) is 4.30. The number of carbonyl (C=O) groups is 1. The molecule has 1 rings (SSSR count). The molecule has 0 aliphatic rings. The lowest BCUT2D eigenvalue weighted by Crippen LogP contribution is -2.35. The van der Waals surface area contributed by atoms with E-state index < -0.39 is 0 Å². The molecule has 1 heterocycles. The van der Waals surface area contributed by atoms with Crippen LogP contribution in [-0.2, 0) is 11.8 Å². The molecule has 0 atom stereocenters. The number of Topliss-reactive ketones (excluding diaryl/α,β-unsaturated/α-hetero) is 1. The summed E-state index contributed by atoms with van der Waals surface area (Å²) < 4.78 is 6.78. The number of nitrogens with zero attached hydrogens (tertiary/aromatic N) is 2. The van der Waals surface area contributed by atoms with E-state index >= 15 is 0 Å². The van der Waals surface area contributed by atoms with Crippen LogP contribution >= 0.6 is 0 Å². The van der Waals surface area contributed by atoms with Crippen LogP contribution in [0.4, 0.5) is 0 Å². The van der Waals surface area contributed by atoms with Crippen molar-refractivity contribution in [3.05, 3.63) is 24.0 Å². The van der Waals surface area contributed by atoms with E-state index in [1.807, 2.05) is 24.2 Å². The fourth-order valence-corrected chi connectivity index (χ4v) is 1.67. The SMILES string of the molecule is COCCN(CCO)CC(=O)c1cccn1C. The van der Waals surface area contributed by atoms with Crippen molar-refractivity contribution in [2.24, 2.45) is 7.05 Å². The van der Waals surface area contributed by atoms with Crippen LogP contribution in [0.1, 0.15) is 10.5 Å². The zero-order valence-electron chi connectivity index (χ0n) is 10.4. The normalized spacial score (nSPS) is 11.1. The molecule has 0 saturated carbocycles. The predicted octanol–water partition coefficient (Wildman–Crippen LogP) is 0.148. The van der Waals surface area contributed by atoms with Crippen molar-refractivity contribution in [1.29, 1.82) is 0 Å². The van der Waals surface area contributed by atoms with Gasteiger partial charge in [0.05, 0.1) is 25.5 Å². The van der Waals surface area contributed by atoms with Gasteiger partial charge < -0.3 is 14.4 Å². The van der Waals surface area contributed by atoms with Crippen LogP contribution in [-0.4, -0.2) is 60.3 Å². The molecule has 5 nitrogen and oxygen atoms in total. The topological polar surface area (TPSA) is 54.7 Å². The van der Waals surface area contributed by atoms with E-state index in [4.69, 9.17) is 9.84 Å². The third-order valence-electron chi connectivity index (χ3n) is 2.62. The molecule has 96 valence electrons. The molecule has 0 aliphatic carbocycles. The van der Waals surface area contributed by atoms with Gasteiger partial charge in [0.15, 0.2) is 5.78 Å². The Bertz CT molecular complexity index is 349. The summed E-state index contributed by atoms with van der Waals surface area (Å²) in [4.78, 5) is 13.9. The molecule has 0 aliphatic heterocycles. The Balaban J connectivity index is 2.54. The van der Waals surface area contributed by atoms with Gasteiger partial charge in [0.25, 0.3) is 0 Å². The zero-order valence-corrected chi connectivity index (χ0v) is 10.4. The average Bonchev–Trinajstić information content (AvgIpc) is 2.72. The first-order valence-corrected chi connectivity index (χ1v) is 5.65. The molecule has 1 aromatic rings. The largest absolute Gasteiger partial charge is 0.395 e. The second kappa shape index (κ2) is 7.21. The minimum absolute atomic E-state index is 0.0458. The summed E-state index contributed by atoms with van der Waals surface area (Å²) in [5, 5.41) is 8.94. The molecule has 0 saturated heterocycles. The number of aromatic nitrogens is 1. The highest BCUT2D eigenvalue weighted by Crippen LogP contribution is 2.02. The van der Waals surface area contributed by atoms with Crippen LogP contribution < -0.4 is 0 Å². The fraction of sp³-hybridized carbons (Fsp3) is 0.583. The second-order valence-corrected chi connectivity index (χ2v) is 3.92. The van der Waals surface area contributed by atoms with E-state index in [1.54, 1.807) is 17.7 Å². The number of carbonyl (C=O) groups excluding carboxylic acids is 1. The summed E-state index contributed by atoms with van der Waals surface area (Å²) in [5.74, 6) is 0.0575. The minimum atomic E-state index is 0.0458. The summed E-state index contributed by atoms with van der Waals surface area (Å²) in [6, 6.07) is 3.65. The number of methoxy groups -OCH3 is 1. The van der Waals surface area contributed by atoms with Crippen LogP contribution in [0.15, 0.2) is 18.3 Å². The molecule has 0 spiro atoms. The molecule has 0 aromatic carbocycles. The first-order chi connectivity index (χ1) is 8.19. The molecule has 0 radical (unpaired) electrons. The maximum absolute atomic E-state index is 12.0. The Hall–Kier alpha value is -1.17. The first kappa shape index (κ1) is 13.9. The molecule has 0 bridgehead atoms. The lowest BCUT2D eigenvalue weighted by atomic mass is 10.2. The summed E-state index contributed by atoms with van der Waals surface area (Å²) in [7, 11) is 3.47. The summed E-state index contributed by atoms with van der Waals surface area (Å²) in [6.45, 7) is 2.04. The van der Waals surface area contributed by atoms with Crippen molar-refractivity contribution < 1.29 is 14.6 Å². The highest BCUT2D eigenvalue weighted by molar-refractivity contribution is 5.96. The number of rotatable bonds is 8. The van der Waals surface area contributed by atoms with E-state index in [-0.39, 0.29) is 12.4 Å². The van der Waals surface area contributed by atoms with Gasteiger partial charge in [-0.1, -0.05) is 0 Å². The fourth-order valence-electron chi connectivity index (χ4n) is 1.67. The number of aliphatic hydroxyl groups excluding tert-OH is 1. The smallest absolute Gasteiger partial charge is 0.193 e. The van der Waals surface area contributed by atoms with E-state index in [1.165, 1.54) is 0 Å². The van der Waals surface area contributed by atoms with E-state index in [2.05, 4.69) is 0 Å². The highest BCUT2D eigenvalue weighted by atomic mass is 16.5. The number of aryl methyl sites for hydroxylation is 1. The van der Waals surface area contributed by atoms with Gasteiger partial charge in [-0.3, -0.25) is 9.69 Å². The monoisotopic (exact) mass is 240 g/mol. The molecule has 0 fully saturated rings. The lowest BCUT2D eigenvalue weighted by Gasteiger charge is -2.19. The Morgan fingerprint density at radius 2 is 2.29 bits per heavy atom. The molecule has 5 heteroatoms. The van der Waals surface area contributed by atoms with Gasteiger partial charge in [0.1, 0.15) is 0 Å². The minimum Gasteiger partial charge on any atom is -0.395 e. The van der Waals surface area contributed by atoms with Crippen molar-refractivity contribution in [3.8, 4) is 0 Å². The van der Waals surface area contributed by atoms with Crippen molar-refractivity contribution in [1.82, 2.24) is 9.47 Å². The number of ketones is 1. The first-order valence-electron chi connectivity index (χ1n) is 5.65. The lowest BCUT2D eigenvalue weighted by molar-refractivity contribution is 0.0861. The summed E-state index contributed by atoms with van der Waals surface area (Å²) in [5.41, 5.74) is 0.686. The van der Waals surface area contributed by atoms with Crippen molar-refractivity contribution in [3.63, 3.8) is 0 Å². The molecule has 1 N–H and O–H groups in total. The van der Waals surface area contributed by atoms with Gasteiger partial charge >= 0.3 is 0 Å². The molecule has 1 aromatic heterocycles. The quantitative estimate of drug-likeness (QED) is 0.657. The van der Waals surface area contributed by atoms with E-state index in [9.17, 15) is 4.79 Å². The van der Waals surface area contributed by atoms with Crippen LogP contribution in [0.3, 0.4) is 0 Å². The van der Waals surface area contributed by atoms with E-state index in [0.29, 0.717) is 31.9 Å². The van der Waals surface area contributed by atoms with Crippen LogP contribution in [0.5, 0.6) is 0 Å². The number of hydrogen-bond acceptors (Lipinski definition) is 4. The summed E-state index contributed by atoms with van der Waals surface area (Å²) in [6.07, 6.45) is 1.85. The molecule has 0 amide bonds. The third-order valence-corrected chi connectivity index (χ3v) is 2.62. The number of ether oxygens (including phenoxy) is 1. The van der Waals surface area contributed by atoms with Crippen molar-refractivity contribution in [2.75, 3.05) is 40.0 Å². The Labute approximate surface area is 102 Å². The highest BCUT2D eigenvalue weighted by Gasteiger charge is 2.13. The van der Waals surface area contributed by atoms with Gasteiger partial charge in [0, 0.05) is 33.4 Å². The van der Waals surface area contributed by atoms with Crippen molar-refractivity contribution in [2.45, 2.75) is 0 Å². The Morgan fingerprint density at radius 1 is 1.53 bits per heavy atom. The zero-order chi connectivity index (χ0) is 12.7. The average molecular weight is 240 g/mol. The van der Waals surface area contributed by atoms with Crippen LogP contribution in [0.2, 0.25) is 0 Å².